The summed E-state index contributed by atoms with van der Waals surface area (Å²) < 4.78 is 0. The zero-order chi connectivity index (χ0) is 9.97. The van der Waals surface area contributed by atoms with Gasteiger partial charge in [0.25, 0.3) is 0 Å². The highest BCUT2D eigenvalue weighted by Crippen LogP contribution is 2.20. The van der Waals surface area contributed by atoms with Crippen LogP contribution in [0.2, 0.25) is 5.15 Å². The van der Waals surface area contributed by atoms with Gasteiger partial charge in [-0.3, -0.25) is 0 Å². The number of nitrogens with zero attached hydrogens (tertiary/aromatic N) is 3. The SMILES string of the molecule is ON=Cc1ccc2c(Cl)nncc2c1. The second kappa shape index (κ2) is 3.59. The number of aromatic nitrogens is 2. The lowest BCUT2D eigenvalue weighted by molar-refractivity contribution is 0.322. The largest absolute Gasteiger partial charge is 0.411 e. The molecule has 14 heavy (non-hydrogen) atoms. The molecule has 0 amide bonds. The van der Waals surface area contributed by atoms with E-state index in [4.69, 9.17) is 16.8 Å². The third kappa shape index (κ3) is 1.52. The molecule has 0 bridgehead atoms. The third-order valence-corrected chi connectivity index (χ3v) is 2.13. The quantitative estimate of drug-likeness (QED) is 0.443. The molecule has 1 heterocycles. The van der Waals surface area contributed by atoms with E-state index < -0.39 is 0 Å². The summed E-state index contributed by atoms with van der Waals surface area (Å²) in [6.07, 6.45) is 2.95. The van der Waals surface area contributed by atoms with Gasteiger partial charge in [0.2, 0.25) is 0 Å². The Bertz CT molecular complexity index is 498. The molecule has 4 nitrogen and oxygen atoms in total. The first-order valence-corrected chi connectivity index (χ1v) is 4.27. The van der Waals surface area contributed by atoms with Crippen molar-refractivity contribution in [1.82, 2.24) is 10.2 Å². The van der Waals surface area contributed by atoms with Crippen LogP contribution in [0.4, 0.5) is 0 Å². The van der Waals surface area contributed by atoms with Crippen LogP contribution in [0.15, 0.2) is 29.6 Å². The van der Waals surface area contributed by atoms with Crippen LogP contribution in [0.25, 0.3) is 10.8 Å². The molecule has 0 atom stereocenters. The first-order valence-electron chi connectivity index (χ1n) is 3.89. The lowest BCUT2D eigenvalue weighted by atomic mass is 10.1. The van der Waals surface area contributed by atoms with E-state index >= 15 is 0 Å². The number of halogens is 1. The number of oxime groups is 1. The van der Waals surface area contributed by atoms with Crippen LogP contribution in [0, 0.1) is 0 Å². The topological polar surface area (TPSA) is 58.4 Å². The molecular weight excluding hydrogens is 202 g/mol. The Morgan fingerprint density at radius 3 is 3.07 bits per heavy atom. The van der Waals surface area contributed by atoms with E-state index in [1.807, 2.05) is 12.1 Å². The molecule has 0 unspecified atom stereocenters. The van der Waals surface area contributed by atoms with E-state index in [9.17, 15) is 0 Å². The summed E-state index contributed by atoms with van der Waals surface area (Å²) in [5, 5.41) is 20.8. The first-order chi connectivity index (χ1) is 6.81. The second-order valence-corrected chi connectivity index (χ2v) is 3.08. The maximum absolute atomic E-state index is 8.36. The smallest absolute Gasteiger partial charge is 0.159 e. The van der Waals surface area contributed by atoms with E-state index in [0.29, 0.717) is 5.15 Å². The molecule has 2 aromatic rings. The Kier molecular flexibility index (Phi) is 2.28. The summed E-state index contributed by atoms with van der Waals surface area (Å²) in [6, 6.07) is 5.41. The van der Waals surface area contributed by atoms with Gasteiger partial charge >= 0.3 is 0 Å². The fourth-order valence-corrected chi connectivity index (χ4v) is 1.43. The predicted molar refractivity (Wildman–Crippen MR) is 53.9 cm³/mol. The minimum atomic E-state index is 0.370. The monoisotopic (exact) mass is 207 g/mol. The summed E-state index contributed by atoms with van der Waals surface area (Å²) in [5.41, 5.74) is 0.782. The van der Waals surface area contributed by atoms with Gasteiger partial charge in [0.1, 0.15) is 0 Å². The van der Waals surface area contributed by atoms with Crippen LogP contribution in [0.1, 0.15) is 5.56 Å². The molecule has 0 radical (unpaired) electrons. The van der Waals surface area contributed by atoms with Crippen molar-refractivity contribution in [3.63, 3.8) is 0 Å². The highest BCUT2D eigenvalue weighted by atomic mass is 35.5. The summed E-state index contributed by atoms with van der Waals surface area (Å²) >= 11 is 5.83. The molecule has 0 fully saturated rings. The molecule has 0 saturated carbocycles. The number of fused-ring (bicyclic) bond motifs is 1. The summed E-state index contributed by atoms with van der Waals surface area (Å²) in [4.78, 5) is 0. The standard InChI is InChI=1S/C9H6ClN3O/c10-9-8-2-1-6(4-12-14)3-7(8)5-11-13-9/h1-5,14H. The Balaban J connectivity index is 2.67. The van der Waals surface area contributed by atoms with Crippen molar-refractivity contribution < 1.29 is 5.21 Å². The Hall–Kier alpha value is -1.68. The second-order valence-electron chi connectivity index (χ2n) is 2.73. The van der Waals surface area contributed by atoms with Crippen LogP contribution < -0.4 is 0 Å². The molecule has 0 aliphatic heterocycles. The van der Waals surface area contributed by atoms with Crippen LogP contribution in [-0.4, -0.2) is 21.6 Å². The number of rotatable bonds is 1. The molecule has 2 rings (SSSR count). The first kappa shape index (κ1) is 8.90. The van der Waals surface area contributed by atoms with Crippen molar-refractivity contribution in [2.45, 2.75) is 0 Å². The predicted octanol–water partition coefficient (Wildman–Crippen LogP) is 2.09. The number of hydrogen-bond acceptors (Lipinski definition) is 4. The van der Waals surface area contributed by atoms with Gasteiger partial charge in [-0.1, -0.05) is 28.9 Å². The van der Waals surface area contributed by atoms with Crippen molar-refractivity contribution in [2.75, 3.05) is 0 Å². The maximum Gasteiger partial charge on any atom is 0.159 e. The van der Waals surface area contributed by atoms with Crippen molar-refractivity contribution in [1.29, 1.82) is 0 Å². The summed E-state index contributed by atoms with van der Waals surface area (Å²) in [6.45, 7) is 0. The van der Waals surface area contributed by atoms with Gasteiger partial charge < -0.3 is 5.21 Å². The van der Waals surface area contributed by atoms with Crippen molar-refractivity contribution in [2.24, 2.45) is 5.16 Å². The normalized spacial score (nSPS) is 11.2. The molecule has 0 spiro atoms. The molecule has 0 aliphatic rings. The van der Waals surface area contributed by atoms with Gasteiger partial charge in [0.15, 0.2) is 5.15 Å². The van der Waals surface area contributed by atoms with Crippen LogP contribution in [0.5, 0.6) is 0 Å². The lowest BCUT2D eigenvalue weighted by Gasteiger charge is -1.98. The lowest BCUT2D eigenvalue weighted by Crippen LogP contribution is -1.86. The van der Waals surface area contributed by atoms with Crippen LogP contribution in [-0.2, 0) is 0 Å². The zero-order valence-electron chi connectivity index (χ0n) is 7.05. The Morgan fingerprint density at radius 2 is 2.29 bits per heavy atom. The van der Waals surface area contributed by atoms with Gasteiger partial charge in [0, 0.05) is 10.8 Å². The minimum absolute atomic E-state index is 0.370. The van der Waals surface area contributed by atoms with E-state index in [1.54, 1.807) is 12.3 Å². The summed E-state index contributed by atoms with van der Waals surface area (Å²) in [5.74, 6) is 0. The number of hydrogen-bond donors (Lipinski definition) is 1. The van der Waals surface area contributed by atoms with Gasteiger partial charge in [-0.15, -0.1) is 5.10 Å². The summed E-state index contributed by atoms with van der Waals surface area (Å²) in [7, 11) is 0. The van der Waals surface area contributed by atoms with E-state index in [-0.39, 0.29) is 0 Å². The van der Waals surface area contributed by atoms with Gasteiger partial charge in [-0.25, -0.2) is 0 Å². The van der Waals surface area contributed by atoms with Crippen LogP contribution in [0.3, 0.4) is 0 Å². The minimum Gasteiger partial charge on any atom is -0.411 e. The average molecular weight is 208 g/mol. The van der Waals surface area contributed by atoms with E-state index in [2.05, 4.69) is 15.4 Å². The van der Waals surface area contributed by atoms with Crippen molar-refractivity contribution in [3.05, 3.63) is 35.1 Å². The average Bonchev–Trinajstić information content (AvgIpc) is 2.18. The molecular formula is C9H6ClN3O. The van der Waals surface area contributed by atoms with Crippen molar-refractivity contribution in [3.8, 4) is 0 Å². The maximum atomic E-state index is 8.36. The Labute approximate surface area is 84.8 Å². The third-order valence-electron chi connectivity index (χ3n) is 1.85. The van der Waals surface area contributed by atoms with Gasteiger partial charge in [-0.05, 0) is 11.6 Å². The molecule has 1 N–H and O–H groups in total. The molecule has 1 aromatic heterocycles. The van der Waals surface area contributed by atoms with Gasteiger partial charge in [0.05, 0.1) is 12.4 Å². The van der Waals surface area contributed by atoms with Gasteiger partial charge in [-0.2, -0.15) is 5.10 Å². The van der Waals surface area contributed by atoms with Crippen LogP contribution >= 0.6 is 11.6 Å². The molecule has 5 heteroatoms. The Morgan fingerprint density at radius 1 is 1.43 bits per heavy atom. The highest BCUT2D eigenvalue weighted by molar-refractivity contribution is 6.34. The molecule has 70 valence electrons. The molecule has 0 saturated heterocycles. The van der Waals surface area contributed by atoms with Crippen molar-refractivity contribution >= 4 is 28.6 Å². The van der Waals surface area contributed by atoms with E-state index in [1.165, 1.54) is 6.21 Å². The van der Waals surface area contributed by atoms with E-state index in [0.717, 1.165) is 16.3 Å². The molecule has 1 aromatic carbocycles. The zero-order valence-corrected chi connectivity index (χ0v) is 7.81. The fourth-order valence-electron chi connectivity index (χ4n) is 1.22. The number of benzene rings is 1. The molecule has 0 aliphatic carbocycles. The highest BCUT2D eigenvalue weighted by Gasteiger charge is 2.00. The fraction of sp³-hybridized carbons (Fsp3) is 0.